The molecule has 0 spiro atoms. The van der Waals surface area contributed by atoms with Crippen molar-refractivity contribution >= 4 is 0 Å². The molecule has 28 heavy (non-hydrogen) atoms. The predicted octanol–water partition coefficient (Wildman–Crippen LogP) is 6.21. The van der Waals surface area contributed by atoms with Crippen LogP contribution in [0.15, 0.2) is 60.7 Å². The first kappa shape index (κ1) is 21.1. The highest BCUT2D eigenvalue weighted by atomic mass is 16.5. The second-order valence-corrected chi connectivity index (χ2v) is 8.61. The topological polar surface area (TPSA) is 18.5 Å². The number of rotatable bonds is 8. The molecule has 0 aliphatic heterocycles. The van der Waals surface area contributed by atoms with Crippen LogP contribution in [0.1, 0.15) is 38.8 Å². The Morgan fingerprint density at radius 2 is 1.07 bits per heavy atom. The largest absolute Gasteiger partial charge is 0.376 e. The molecule has 0 N–H and O–H groups in total. The van der Waals surface area contributed by atoms with Gasteiger partial charge in [0.1, 0.15) is 0 Å². The van der Waals surface area contributed by atoms with E-state index in [4.69, 9.17) is 9.47 Å². The average molecular weight is 381 g/mol. The van der Waals surface area contributed by atoms with Crippen LogP contribution in [0.4, 0.5) is 0 Å². The fraction of sp³-hybridized carbons (Fsp3) is 0.538. The molecular formula is C26H36O2. The second-order valence-electron chi connectivity index (χ2n) is 8.61. The Bertz CT molecular complexity index is 637. The normalized spacial score (nSPS) is 30.9. The van der Waals surface area contributed by atoms with E-state index < -0.39 is 0 Å². The first-order valence-corrected chi connectivity index (χ1v) is 10.5. The summed E-state index contributed by atoms with van der Waals surface area (Å²) in [5.41, 5.74) is 2.53. The van der Waals surface area contributed by atoms with Crippen molar-refractivity contribution in [2.75, 3.05) is 13.2 Å². The lowest BCUT2D eigenvalue weighted by atomic mass is 9.70. The summed E-state index contributed by atoms with van der Waals surface area (Å²) in [7, 11) is 0. The Labute approximate surface area is 171 Å². The third-order valence-electron chi connectivity index (χ3n) is 7.22. The van der Waals surface area contributed by atoms with Crippen molar-refractivity contribution in [3.05, 3.63) is 71.8 Å². The molecule has 2 nitrogen and oxygen atoms in total. The molecule has 152 valence electrons. The van der Waals surface area contributed by atoms with Crippen LogP contribution in [0.2, 0.25) is 0 Å². The second kappa shape index (κ2) is 9.71. The monoisotopic (exact) mass is 380 g/mol. The van der Waals surface area contributed by atoms with E-state index in [1.807, 2.05) is 0 Å². The van der Waals surface area contributed by atoms with Crippen LogP contribution in [-0.2, 0) is 22.7 Å². The quantitative estimate of drug-likeness (QED) is 0.542. The molecule has 0 saturated heterocycles. The summed E-state index contributed by atoms with van der Waals surface area (Å²) in [6, 6.07) is 21.0. The van der Waals surface area contributed by atoms with Gasteiger partial charge in [-0.2, -0.15) is 0 Å². The van der Waals surface area contributed by atoms with Crippen LogP contribution in [0.3, 0.4) is 0 Å². The van der Waals surface area contributed by atoms with Crippen molar-refractivity contribution in [1.82, 2.24) is 0 Å². The van der Waals surface area contributed by atoms with Gasteiger partial charge in [-0.15, -0.1) is 0 Å². The third-order valence-corrected chi connectivity index (χ3v) is 7.22. The molecule has 2 saturated carbocycles. The maximum absolute atomic E-state index is 6.18. The fourth-order valence-corrected chi connectivity index (χ4v) is 5.56. The minimum absolute atomic E-state index is 0. The van der Waals surface area contributed by atoms with Crippen molar-refractivity contribution in [1.29, 1.82) is 0 Å². The molecule has 0 heterocycles. The standard InChI is InChI=1S/C25H32O2.CH4/c1-18-19(2)23-13-22(18)24(16-26-14-20-9-5-3-6-10-20)25(23)17-27-15-21-11-7-4-8-12-21;/h3-12,18-19,22-25H,13-17H2,1-2H3;1H4/t18?,19?,22?,23?,24-,25+;. The lowest BCUT2D eigenvalue weighted by Crippen LogP contribution is -2.37. The van der Waals surface area contributed by atoms with E-state index in [1.165, 1.54) is 17.5 Å². The van der Waals surface area contributed by atoms with Gasteiger partial charge in [0.05, 0.1) is 26.4 Å². The Morgan fingerprint density at radius 3 is 1.46 bits per heavy atom. The zero-order valence-electron chi connectivity index (χ0n) is 16.6. The van der Waals surface area contributed by atoms with Crippen molar-refractivity contribution in [3.63, 3.8) is 0 Å². The average Bonchev–Trinajstić information content (AvgIpc) is 3.20. The Hall–Kier alpha value is -1.64. The predicted molar refractivity (Wildman–Crippen MR) is 116 cm³/mol. The van der Waals surface area contributed by atoms with Gasteiger partial charge in [-0.25, -0.2) is 0 Å². The van der Waals surface area contributed by atoms with E-state index >= 15 is 0 Å². The van der Waals surface area contributed by atoms with E-state index in [2.05, 4.69) is 74.5 Å². The molecule has 4 unspecified atom stereocenters. The summed E-state index contributed by atoms with van der Waals surface area (Å²) >= 11 is 0. The van der Waals surface area contributed by atoms with E-state index in [0.29, 0.717) is 11.8 Å². The van der Waals surface area contributed by atoms with E-state index in [9.17, 15) is 0 Å². The SMILES string of the molecule is C.CC1C(C)C2CC1[C@@H](COCc1ccccc1)[C@H]2COCc1ccccc1. The van der Waals surface area contributed by atoms with Crippen LogP contribution >= 0.6 is 0 Å². The fourth-order valence-electron chi connectivity index (χ4n) is 5.56. The van der Waals surface area contributed by atoms with Gasteiger partial charge in [0.15, 0.2) is 0 Å². The Kier molecular flexibility index (Phi) is 7.31. The van der Waals surface area contributed by atoms with Gasteiger partial charge in [0.25, 0.3) is 0 Å². The van der Waals surface area contributed by atoms with Crippen LogP contribution in [0.5, 0.6) is 0 Å². The highest BCUT2D eigenvalue weighted by Crippen LogP contribution is 2.58. The van der Waals surface area contributed by atoms with Gasteiger partial charge < -0.3 is 9.47 Å². The molecule has 0 radical (unpaired) electrons. The smallest absolute Gasteiger partial charge is 0.0717 e. The van der Waals surface area contributed by atoms with Gasteiger partial charge in [-0.3, -0.25) is 0 Å². The third kappa shape index (κ3) is 4.50. The number of fused-ring (bicyclic) bond motifs is 2. The zero-order valence-corrected chi connectivity index (χ0v) is 16.6. The summed E-state index contributed by atoms with van der Waals surface area (Å²) in [5, 5.41) is 0. The molecule has 2 aliphatic carbocycles. The van der Waals surface area contributed by atoms with Gasteiger partial charge in [-0.05, 0) is 53.1 Å². The lowest BCUT2D eigenvalue weighted by molar-refractivity contribution is -0.0245. The molecule has 2 heteroatoms. The minimum Gasteiger partial charge on any atom is -0.376 e. The zero-order chi connectivity index (χ0) is 18.6. The minimum atomic E-state index is 0. The molecule has 2 fully saturated rings. The summed E-state index contributed by atoms with van der Waals surface area (Å²) in [5.74, 6) is 4.50. The van der Waals surface area contributed by atoms with Crippen LogP contribution < -0.4 is 0 Å². The van der Waals surface area contributed by atoms with Crippen molar-refractivity contribution < 1.29 is 9.47 Å². The first-order valence-electron chi connectivity index (χ1n) is 10.5. The van der Waals surface area contributed by atoms with Gasteiger partial charge in [-0.1, -0.05) is 81.9 Å². The Balaban J connectivity index is 0.00000225. The molecule has 2 bridgehead atoms. The summed E-state index contributed by atoms with van der Waals surface area (Å²) in [6.07, 6.45) is 1.36. The first-order chi connectivity index (χ1) is 13.2. The Morgan fingerprint density at radius 1 is 0.679 bits per heavy atom. The molecule has 0 aromatic heterocycles. The maximum atomic E-state index is 6.18. The molecule has 6 atom stereocenters. The van der Waals surface area contributed by atoms with E-state index in [0.717, 1.165) is 50.1 Å². The van der Waals surface area contributed by atoms with Crippen LogP contribution in [-0.4, -0.2) is 13.2 Å². The highest BCUT2D eigenvalue weighted by Gasteiger charge is 2.54. The number of hydrogen-bond acceptors (Lipinski definition) is 2. The molecule has 4 rings (SSSR count). The van der Waals surface area contributed by atoms with Crippen molar-refractivity contribution in [2.45, 2.75) is 40.9 Å². The van der Waals surface area contributed by atoms with E-state index in [1.54, 1.807) is 0 Å². The van der Waals surface area contributed by atoms with E-state index in [-0.39, 0.29) is 7.43 Å². The number of hydrogen-bond donors (Lipinski definition) is 0. The van der Waals surface area contributed by atoms with Gasteiger partial charge >= 0.3 is 0 Å². The van der Waals surface area contributed by atoms with Gasteiger partial charge in [0.2, 0.25) is 0 Å². The molecule has 0 amide bonds. The summed E-state index contributed by atoms with van der Waals surface area (Å²) in [6.45, 7) is 8.06. The van der Waals surface area contributed by atoms with Gasteiger partial charge in [0, 0.05) is 0 Å². The molecule has 2 aromatic rings. The summed E-state index contributed by atoms with van der Waals surface area (Å²) < 4.78 is 12.4. The highest BCUT2D eigenvalue weighted by molar-refractivity contribution is 5.14. The molecular weight excluding hydrogens is 344 g/mol. The van der Waals surface area contributed by atoms with Crippen LogP contribution in [0, 0.1) is 35.5 Å². The maximum Gasteiger partial charge on any atom is 0.0717 e. The number of ether oxygens (including phenoxy) is 2. The molecule has 2 aromatic carbocycles. The molecule has 2 aliphatic rings. The van der Waals surface area contributed by atoms with Crippen molar-refractivity contribution in [2.24, 2.45) is 35.5 Å². The summed E-state index contributed by atoms with van der Waals surface area (Å²) in [4.78, 5) is 0. The van der Waals surface area contributed by atoms with Crippen LogP contribution in [0.25, 0.3) is 0 Å². The lowest BCUT2D eigenvalue weighted by Gasteiger charge is -2.38. The van der Waals surface area contributed by atoms with Crippen molar-refractivity contribution in [3.8, 4) is 0 Å². The number of benzene rings is 2.